The fraction of sp³-hybridized carbons (Fsp3) is 0.701. The average Bonchev–Trinajstić information content (AvgIpc) is 3.49. The molecule has 0 saturated heterocycles. The van der Waals surface area contributed by atoms with E-state index in [-0.39, 0.29) is 31.1 Å². The van der Waals surface area contributed by atoms with Crippen molar-refractivity contribution in [3.8, 4) is 0 Å². The van der Waals surface area contributed by atoms with Crippen LogP contribution in [0.5, 0.6) is 0 Å². The maximum Gasteiger partial charge on any atom is 0.306 e. The molecule has 0 aromatic rings. The van der Waals surface area contributed by atoms with E-state index in [1.807, 2.05) is 0 Å². The Balaban J connectivity index is 4.34. The summed E-state index contributed by atoms with van der Waals surface area (Å²) in [6.45, 7) is 6.51. The lowest BCUT2D eigenvalue weighted by atomic mass is 10.1. The van der Waals surface area contributed by atoms with E-state index < -0.39 is 6.10 Å². The average molecular weight is 1150 g/mol. The summed E-state index contributed by atoms with van der Waals surface area (Å²) in [5, 5.41) is 0. The predicted molar refractivity (Wildman–Crippen MR) is 362 cm³/mol. The minimum atomic E-state index is -0.793. The lowest BCUT2D eigenvalue weighted by Crippen LogP contribution is -2.30. The lowest BCUT2D eigenvalue weighted by molar-refractivity contribution is -0.167. The van der Waals surface area contributed by atoms with Gasteiger partial charge in [0.05, 0.1) is 0 Å². The van der Waals surface area contributed by atoms with Gasteiger partial charge in [0.25, 0.3) is 0 Å². The molecule has 0 amide bonds. The molecular formula is C77H130O6. The number of rotatable bonds is 63. The van der Waals surface area contributed by atoms with Gasteiger partial charge in [-0.05, 0) is 135 Å². The highest BCUT2D eigenvalue weighted by atomic mass is 16.6. The van der Waals surface area contributed by atoms with E-state index in [0.29, 0.717) is 19.3 Å². The van der Waals surface area contributed by atoms with Crippen molar-refractivity contribution < 1.29 is 28.6 Å². The molecule has 0 aromatic carbocycles. The fourth-order valence-corrected chi connectivity index (χ4v) is 9.68. The largest absolute Gasteiger partial charge is 0.462 e. The number of hydrogen-bond donors (Lipinski definition) is 0. The van der Waals surface area contributed by atoms with Gasteiger partial charge in [-0.1, -0.05) is 296 Å². The Morgan fingerprint density at radius 1 is 0.253 bits per heavy atom. The molecule has 0 aliphatic heterocycles. The van der Waals surface area contributed by atoms with Crippen molar-refractivity contribution in [2.45, 2.75) is 335 Å². The van der Waals surface area contributed by atoms with Gasteiger partial charge in [0.2, 0.25) is 0 Å². The Labute approximate surface area is 513 Å². The Kier molecular flexibility index (Phi) is 66.7. The van der Waals surface area contributed by atoms with Crippen LogP contribution in [0.1, 0.15) is 329 Å². The minimum absolute atomic E-state index is 0.0881. The van der Waals surface area contributed by atoms with Crippen LogP contribution in [-0.2, 0) is 28.6 Å². The van der Waals surface area contributed by atoms with E-state index in [1.54, 1.807) is 0 Å². The molecule has 83 heavy (non-hydrogen) atoms. The second kappa shape index (κ2) is 70.3. The smallest absolute Gasteiger partial charge is 0.306 e. The summed E-state index contributed by atoms with van der Waals surface area (Å²) >= 11 is 0. The lowest BCUT2D eigenvalue weighted by Gasteiger charge is -2.18. The third-order valence-electron chi connectivity index (χ3n) is 14.9. The molecule has 0 rings (SSSR count). The van der Waals surface area contributed by atoms with Crippen molar-refractivity contribution in [3.63, 3.8) is 0 Å². The first-order chi connectivity index (χ1) is 41.0. The molecular weight excluding hydrogens is 1020 g/mol. The van der Waals surface area contributed by atoms with Crippen molar-refractivity contribution in [2.75, 3.05) is 13.2 Å². The van der Waals surface area contributed by atoms with E-state index in [9.17, 15) is 14.4 Å². The molecule has 6 nitrogen and oxygen atoms in total. The monoisotopic (exact) mass is 1150 g/mol. The van der Waals surface area contributed by atoms with Crippen LogP contribution in [0.3, 0.4) is 0 Å². The van der Waals surface area contributed by atoms with Crippen molar-refractivity contribution >= 4 is 17.9 Å². The molecule has 0 heterocycles. The summed E-state index contributed by atoms with van der Waals surface area (Å²) in [6, 6.07) is 0. The summed E-state index contributed by atoms with van der Waals surface area (Å²) < 4.78 is 17.0. The zero-order valence-electron chi connectivity index (χ0n) is 54.4. The zero-order valence-corrected chi connectivity index (χ0v) is 54.4. The Morgan fingerprint density at radius 3 is 0.759 bits per heavy atom. The standard InChI is InChI=1S/C77H130O6/c1-4-7-10-13-16-19-22-25-28-31-33-34-35-36-37-38-39-40-41-42-43-44-45-47-49-52-55-58-61-64-67-70-76(79)82-73-74(72-81-75(78)69-66-63-60-57-54-51-48-30-27-24-21-18-15-12-9-6-3)83-77(80)71-68-65-62-59-56-53-50-46-32-29-26-23-20-17-14-11-8-5-2/h7,10,16,19,21,24-25,28-30,32-34,36-37,39-40,42-43,48,74H,4-6,8-9,11-15,17-18,20,22-23,26-27,31,35,38,41,44-47,49-73H2,1-3H3/b10-7-,19-16-,24-21-,28-25-,32-29-,34-33-,37-36-,40-39-,43-42-,48-30-. The van der Waals surface area contributed by atoms with Gasteiger partial charge in [-0.3, -0.25) is 14.4 Å². The summed E-state index contributed by atoms with van der Waals surface area (Å²) in [7, 11) is 0. The van der Waals surface area contributed by atoms with Gasteiger partial charge in [-0.2, -0.15) is 0 Å². The molecule has 474 valence electrons. The molecule has 0 aliphatic carbocycles. The van der Waals surface area contributed by atoms with Crippen LogP contribution in [0.4, 0.5) is 0 Å². The molecule has 0 aliphatic rings. The van der Waals surface area contributed by atoms with E-state index in [1.165, 1.54) is 154 Å². The van der Waals surface area contributed by atoms with Gasteiger partial charge >= 0.3 is 17.9 Å². The fourth-order valence-electron chi connectivity index (χ4n) is 9.68. The van der Waals surface area contributed by atoms with Gasteiger partial charge in [0.1, 0.15) is 13.2 Å². The van der Waals surface area contributed by atoms with Crippen LogP contribution in [-0.4, -0.2) is 37.2 Å². The quantitative estimate of drug-likeness (QED) is 0.0261. The van der Waals surface area contributed by atoms with E-state index >= 15 is 0 Å². The molecule has 0 saturated carbocycles. The molecule has 0 radical (unpaired) electrons. The first-order valence-corrected chi connectivity index (χ1v) is 35.0. The van der Waals surface area contributed by atoms with Crippen LogP contribution >= 0.6 is 0 Å². The van der Waals surface area contributed by atoms with E-state index in [0.717, 1.165) is 135 Å². The SMILES string of the molecule is CC/C=C\C/C=C\C/C=C\C/C=C\C/C=C\C/C=C\C/C=C\CCCCCCCCCCCC(=O)OCC(COC(=O)CCCCCCC/C=C\C/C=C\CCCCCC)OC(=O)CCCCCCCCC/C=C\CCCCCCCCC. The normalized spacial score (nSPS) is 12.9. The second-order valence-corrected chi connectivity index (χ2v) is 23.1. The maximum absolute atomic E-state index is 12.9. The van der Waals surface area contributed by atoms with Gasteiger partial charge in [0.15, 0.2) is 6.10 Å². The zero-order chi connectivity index (χ0) is 59.9. The highest BCUT2D eigenvalue weighted by Gasteiger charge is 2.19. The molecule has 1 unspecified atom stereocenters. The van der Waals surface area contributed by atoms with Crippen molar-refractivity contribution in [1.29, 1.82) is 0 Å². The highest BCUT2D eigenvalue weighted by Crippen LogP contribution is 2.16. The van der Waals surface area contributed by atoms with Gasteiger partial charge in [-0.25, -0.2) is 0 Å². The summed E-state index contributed by atoms with van der Waals surface area (Å²) in [5.74, 6) is -0.901. The molecule has 0 N–H and O–H groups in total. The molecule has 0 aromatic heterocycles. The number of ether oxygens (including phenoxy) is 3. The number of carbonyl (C=O) groups excluding carboxylic acids is 3. The van der Waals surface area contributed by atoms with Crippen LogP contribution in [0.2, 0.25) is 0 Å². The Hall–Kier alpha value is -4.19. The number of esters is 3. The highest BCUT2D eigenvalue weighted by molar-refractivity contribution is 5.71. The van der Waals surface area contributed by atoms with Gasteiger partial charge in [-0.15, -0.1) is 0 Å². The molecule has 0 fully saturated rings. The number of hydrogen-bond acceptors (Lipinski definition) is 6. The third kappa shape index (κ3) is 68.5. The molecule has 0 bridgehead atoms. The number of allylic oxidation sites excluding steroid dienone is 20. The minimum Gasteiger partial charge on any atom is -0.462 e. The molecule has 1 atom stereocenters. The Morgan fingerprint density at radius 2 is 0.470 bits per heavy atom. The Bertz CT molecular complexity index is 1700. The van der Waals surface area contributed by atoms with Crippen LogP contribution in [0.25, 0.3) is 0 Å². The van der Waals surface area contributed by atoms with Crippen LogP contribution in [0.15, 0.2) is 122 Å². The summed E-state index contributed by atoms with van der Waals surface area (Å²) in [4.78, 5) is 38.4. The summed E-state index contributed by atoms with van der Waals surface area (Å²) in [5.41, 5.74) is 0. The van der Waals surface area contributed by atoms with Crippen molar-refractivity contribution in [3.05, 3.63) is 122 Å². The number of unbranched alkanes of at least 4 members (excludes halogenated alkanes) is 32. The van der Waals surface area contributed by atoms with Crippen molar-refractivity contribution in [1.82, 2.24) is 0 Å². The van der Waals surface area contributed by atoms with Crippen molar-refractivity contribution in [2.24, 2.45) is 0 Å². The number of carbonyl (C=O) groups is 3. The van der Waals surface area contributed by atoms with Crippen LogP contribution < -0.4 is 0 Å². The first-order valence-electron chi connectivity index (χ1n) is 35.0. The van der Waals surface area contributed by atoms with Gasteiger partial charge < -0.3 is 14.2 Å². The summed E-state index contributed by atoms with van der Waals surface area (Å²) in [6.07, 6.45) is 97.8. The topological polar surface area (TPSA) is 78.9 Å². The van der Waals surface area contributed by atoms with E-state index in [2.05, 4.69) is 142 Å². The maximum atomic E-state index is 12.9. The second-order valence-electron chi connectivity index (χ2n) is 23.1. The first kappa shape index (κ1) is 78.8. The third-order valence-corrected chi connectivity index (χ3v) is 14.9. The predicted octanol–water partition coefficient (Wildman–Crippen LogP) is 24.3. The molecule has 6 heteroatoms. The molecule has 0 spiro atoms. The van der Waals surface area contributed by atoms with Crippen LogP contribution in [0, 0.1) is 0 Å². The van der Waals surface area contributed by atoms with Gasteiger partial charge in [0, 0.05) is 19.3 Å². The van der Waals surface area contributed by atoms with E-state index in [4.69, 9.17) is 14.2 Å².